The third kappa shape index (κ3) is 4.87. The van der Waals surface area contributed by atoms with Gasteiger partial charge in [-0.15, -0.1) is 0 Å². The van der Waals surface area contributed by atoms with Gasteiger partial charge in [-0.1, -0.05) is 20.8 Å². The predicted octanol–water partition coefficient (Wildman–Crippen LogP) is 2.18. The summed E-state index contributed by atoms with van der Waals surface area (Å²) in [6, 6.07) is 1.56. The maximum absolute atomic E-state index is 3.41. The zero-order valence-electron chi connectivity index (χ0n) is 12.9. The first kappa shape index (κ1) is 15.9. The molecule has 108 valence electrons. The summed E-state index contributed by atoms with van der Waals surface area (Å²) in [5.74, 6) is 0. The van der Waals surface area contributed by atoms with Gasteiger partial charge in [-0.2, -0.15) is 0 Å². The molecule has 2 atom stereocenters. The van der Waals surface area contributed by atoms with E-state index < -0.39 is 0 Å². The number of nitrogens with zero attached hydrogens (tertiary/aromatic N) is 2. The van der Waals surface area contributed by atoms with E-state index in [4.69, 9.17) is 0 Å². The van der Waals surface area contributed by atoms with Gasteiger partial charge in [0.1, 0.15) is 0 Å². The summed E-state index contributed by atoms with van der Waals surface area (Å²) in [7, 11) is 0. The van der Waals surface area contributed by atoms with Crippen LogP contribution in [0.15, 0.2) is 0 Å². The second-order valence-electron chi connectivity index (χ2n) is 5.50. The minimum atomic E-state index is 0.754. The Morgan fingerprint density at radius 2 is 2.00 bits per heavy atom. The van der Waals surface area contributed by atoms with Gasteiger partial charge in [-0.3, -0.25) is 9.80 Å². The van der Waals surface area contributed by atoms with Crippen molar-refractivity contribution >= 4 is 0 Å². The molecule has 1 fully saturated rings. The van der Waals surface area contributed by atoms with E-state index in [-0.39, 0.29) is 0 Å². The van der Waals surface area contributed by atoms with Crippen molar-refractivity contribution in [2.45, 2.75) is 59.0 Å². The molecular formula is C15H33N3. The molecular weight excluding hydrogens is 222 g/mol. The van der Waals surface area contributed by atoms with E-state index in [0.29, 0.717) is 0 Å². The van der Waals surface area contributed by atoms with E-state index in [2.05, 4.69) is 42.8 Å². The van der Waals surface area contributed by atoms with Gasteiger partial charge in [0.05, 0.1) is 0 Å². The Hall–Kier alpha value is -0.120. The zero-order chi connectivity index (χ0) is 13.4. The van der Waals surface area contributed by atoms with Crippen LogP contribution < -0.4 is 5.32 Å². The van der Waals surface area contributed by atoms with Crippen molar-refractivity contribution in [3.63, 3.8) is 0 Å². The standard InChI is InChI=1S/C15H33N3/c1-5-16-11-8-9-14(4)18-12-10-15(13-18)17(6-2)7-3/h14-16H,5-13H2,1-4H3. The zero-order valence-corrected chi connectivity index (χ0v) is 12.9. The van der Waals surface area contributed by atoms with Crippen molar-refractivity contribution in [2.24, 2.45) is 0 Å². The van der Waals surface area contributed by atoms with Crippen molar-refractivity contribution in [1.29, 1.82) is 0 Å². The molecule has 0 aromatic heterocycles. The lowest BCUT2D eigenvalue weighted by molar-refractivity contribution is 0.188. The second kappa shape index (κ2) is 8.89. The highest BCUT2D eigenvalue weighted by Gasteiger charge is 2.28. The van der Waals surface area contributed by atoms with Crippen molar-refractivity contribution < 1.29 is 0 Å². The van der Waals surface area contributed by atoms with Gasteiger partial charge in [0.15, 0.2) is 0 Å². The Balaban J connectivity index is 2.23. The van der Waals surface area contributed by atoms with Gasteiger partial charge >= 0.3 is 0 Å². The van der Waals surface area contributed by atoms with Crippen LogP contribution in [-0.4, -0.2) is 61.2 Å². The fraction of sp³-hybridized carbons (Fsp3) is 1.00. The Morgan fingerprint density at radius 1 is 1.28 bits per heavy atom. The van der Waals surface area contributed by atoms with Crippen molar-refractivity contribution in [1.82, 2.24) is 15.1 Å². The molecule has 2 unspecified atom stereocenters. The van der Waals surface area contributed by atoms with Gasteiger partial charge in [0.2, 0.25) is 0 Å². The molecule has 0 amide bonds. The van der Waals surface area contributed by atoms with Gasteiger partial charge in [0, 0.05) is 25.2 Å². The van der Waals surface area contributed by atoms with E-state index in [1.54, 1.807) is 0 Å². The number of rotatable bonds is 9. The maximum Gasteiger partial charge on any atom is 0.0235 e. The molecule has 0 spiro atoms. The van der Waals surface area contributed by atoms with Crippen LogP contribution in [0.5, 0.6) is 0 Å². The fourth-order valence-corrected chi connectivity index (χ4v) is 3.09. The highest BCUT2D eigenvalue weighted by Crippen LogP contribution is 2.19. The average Bonchev–Trinajstić information content (AvgIpc) is 2.86. The highest BCUT2D eigenvalue weighted by atomic mass is 15.3. The molecule has 0 bridgehead atoms. The van der Waals surface area contributed by atoms with Crippen LogP contribution in [0.4, 0.5) is 0 Å². The Kier molecular flexibility index (Phi) is 7.87. The Labute approximate surface area is 114 Å². The Morgan fingerprint density at radius 3 is 2.61 bits per heavy atom. The van der Waals surface area contributed by atoms with Gasteiger partial charge < -0.3 is 5.32 Å². The molecule has 1 rings (SSSR count). The molecule has 1 heterocycles. The second-order valence-corrected chi connectivity index (χ2v) is 5.50. The third-order valence-electron chi connectivity index (χ3n) is 4.37. The molecule has 1 aliphatic heterocycles. The number of likely N-dealkylation sites (N-methyl/N-ethyl adjacent to an activating group) is 1. The molecule has 0 aliphatic carbocycles. The monoisotopic (exact) mass is 255 g/mol. The smallest absolute Gasteiger partial charge is 0.0235 e. The molecule has 0 saturated carbocycles. The number of nitrogens with one attached hydrogen (secondary N) is 1. The van der Waals surface area contributed by atoms with E-state index in [1.807, 2.05) is 0 Å². The molecule has 0 radical (unpaired) electrons. The minimum Gasteiger partial charge on any atom is -0.317 e. The topological polar surface area (TPSA) is 18.5 Å². The lowest BCUT2D eigenvalue weighted by Gasteiger charge is -2.28. The van der Waals surface area contributed by atoms with Gasteiger partial charge in [0.25, 0.3) is 0 Å². The van der Waals surface area contributed by atoms with Crippen LogP contribution in [-0.2, 0) is 0 Å². The first-order chi connectivity index (χ1) is 8.72. The van der Waals surface area contributed by atoms with Crippen LogP contribution in [0.25, 0.3) is 0 Å². The first-order valence-corrected chi connectivity index (χ1v) is 7.91. The summed E-state index contributed by atoms with van der Waals surface area (Å²) in [6.45, 7) is 16.4. The summed E-state index contributed by atoms with van der Waals surface area (Å²) < 4.78 is 0. The number of hydrogen-bond donors (Lipinski definition) is 1. The van der Waals surface area contributed by atoms with Crippen LogP contribution in [0.1, 0.15) is 47.0 Å². The van der Waals surface area contributed by atoms with Crippen LogP contribution >= 0.6 is 0 Å². The Bertz CT molecular complexity index is 204. The van der Waals surface area contributed by atoms with Crippen LogP contribution in [0.3, 0.4) is 0 Å². The summed E-state index contributed by atoms with van der Waals surface area (Å²) in [5, 5.41) is 3.41. The third-order valence-corrected chi connectivity index (χ3v) is 4.37. The van der Waals surface area contributed by atoms with Gasteiger partial charge in [-0.25, -0.2) is 0 Å². The molecule has 3 heteroatoms. The predicted molar refractivity (Wildman–Crippen MR) is 80.1 cm³/mol. The van der Waals surface area contributed by atoms with Gasteiger partial charge in [-0.05, 0) is 52.4 Å². The number of hydrogen-bond acceptors (Lipinski definition) is 3. The average molecular weight is 255 g/mol. The molecule has 1 aliphatic rings. The van der Waals surface area contributed by atoms with Crippen molar-refractivity contribution in [2.75, 3.05) is 39.3 Å². The van der Waals surface area contributed by atoms with Crippen LogP contribution in [0, 0.1) is 0 Å². The van der Waals surface area contributed by atoms with E-state index >= 15 is 0 Å². The molecule has 1 N–H and O–H groups in total. The molecule has 0 aromatic rings. The SMILES string of the molecule is CCNCCCC(C)N1CCC(N(CC)CC)C1. The summed E-state index contributed by atoms with van der Waals surface area (Å²) in [5.41, 5.74) is 0. The fourth-order valence-electron chi connectivity index (χ4n) is 3.09. The number of likely N-dealkylation sites (tertiary alicyclic amines) is 1. The van der Waals surface area contributed by atoms with E-state index in [9.17, 15) is 0 Å². The van der Waals surface area contributed by atoms with Crippen LogP contribution in [0.2, 0.25) is 0 Å². The molecule has 3 nitrogen and oxygen atoms in total. The lowest BCUT2D eigenvalue weighted by Crippen LogP contribution is -2.39. The summed E-state index contributed by atoms with van der Waals surface area (Å²) >= 11 is 0. The lowest BCUT2D eigenvalue weighted by atomic mass is 10.1. The molecule has 1 saturated heterocycles. The van der Waals surface area contributed by atoms with Crippen molar-refractivity contribution in [3.8, 4) is 0 Å². The minimum absolute atomic E-state index is 0.754. The van der Waals surface area contributed by atoms with Crippen molar-refractivity contribution in [3.05, 3.63) is 0 Å². The summed E-state index contributed by atoms with van der Waals surface area (Å²) in [6.07, 6.45) is 4.00. The van der Waals surface area contributed by atoms with E-state index in [1.165, 1.54) is 52.0 Å². The largest absolute Gasteiger partial charge is 0.317 e. The molecule has 0 aromatic carbocycles. The first-order valence-electron chi connectivity index (χ1n) is 7.91. The maximum atomic E-state index is 3.41. The quantitative estimate of drug-likeness (QED) is 0.637. The normalized spacial score (nSPS) is 22.8. The highest BCUT2D eigenvalue weighted by molar-refractivity contribution is 4.85. The van der Waals surface area contributed by atoms with E-state index in [0.717, 1.165) is 18.6 Å². The molecule has 18 heavy (non-hydrogen) atoms. The summed E-state index contributed by atoms with van der Waals surface area (Å²) in [4.78, 5) is 5.31.